The van der Waals surface area contributed by atoms with Gasteiger partial charge in [0.1, 0.15) is 11.5 Å². The van der Waals surface area contributed by atoms with E-state index >= 15 is 0 Å². The number of aromatic nitrogens is 1. The smallest absolute Gasteiger partial charge is 0.174 e. The molecule has 0 radical (unpaired) electrons. The lowest BCUT2D eigenvalue weighted by Gasteiger charge is -2.27. The van der Waals surface area contributed by atoms with E-state index in [1.807, 2.05) is 79.0 Å². The predicted molar refractivity (Wildman–Crippen MR) is 133 cm³/mol. The third-order valence-corrected chi connectivity index (χ3v) is 7.15. The van der Waals surface area contributed by atoms with E-state index in [2.05, 4.69) is 42.6 Å². The van der Waals surface area contributed by atoms with Crippen LogP contribution in [0.25, 0.3) is 0 Å². The molecular weight excluding hydrogens is 490 g/mol. The summed E-state index contributed by atoms with van der Waals surface area (Å²) in [5.41, 5.74) is 1.97. The second kappa shape index (κ2) is 8.78. The quantitative estimate of drug-likeness (QED) is 0.298. The van der Waals surface area contributed by atoms with Crippen LogP contribution in [0.15, 0.2) is 94.9 Å². The number of nitrogens with zero attached hydrogens (tertiary/aromatic N) is 2. The Morgan fingerprint density at radius 1 is 0.968 bits per heavy atom. The first-order valence-corrected chi connectivity index (χ1v) is 11.8. The normalized spacial score (nSPS) is 18.1. The molecule has 0 spiro atoms. The average molecular weight is 508 g/mol. The van der Waals surface area contributed by atoms with Crippen LogP contribution in [-0.2, 0) is 0 Å². The largest absolute Gasteiger partial charge is 0.457 e. The number of nitrogens with one attached hydrogen (secondary N) is 1. The van der Waals surface area contributed by atoms with E-state index < -0.39 is 0 Å². The summed E-state index contributed by atoms with van der Waals surface area (Å²) < 4.78 is 7.01. The molecule has 4 aromatic rings. The van der Waals surface area contributed by atoms with Crippen LogP contribution in [0.1, 0.15) is 22.7 Å². The van der Waals surface area contributed by atoms with Crippen molar-refractivity contribution in [3.63, 3.8) is 0 Å². The fourth-order valence-electron chi connectivity index (χ4n) is 3.70. The Labute approximate surface area is 198 Å². The van der Waals surface area contributed by atoms with E-state index in [1.165, 1.54) is 4.88 Å². The Morgan fingerprint density at radius 3 is 2.39 bits per heavy atom. The fourth-order valence-corrected chi connectivity index (χ4v) is 5.62. The molecule has 2 aromatic carbocycles. The molecule has 0 unspecified atom stereocenters. The van der Waals surface area contributed by atoms with E-state index in [9.17, 15) is 0 Å². The van der Waals surface area contributed by atoms with Gasteiger partial charge in [0, 0.05) is 26.6 Å². The minimum atomic E-state index is -0.0421. The minimum absolute atomic E-state index is 0.000378. The molecule has 2 aromatic heterocycles. The highest BCUT2D eigenvalue weighted by Gasteiger charge is 2.41. The van der Waals surface area contributed by atoms with Crippen molar-refractivity contribution in [1.29, 1.82) is 0 Å². The molecule has 7 heteroatoms. The van der Waals surface area contributed by atoms with Crippen molar-refractivity contribution in [1.82, 2.24) is 10.3 Å². The van der Waals surface area contributed by atoms with Crippen LogP contribution in [0, 0.1) is 0 Å². The zero-order chi connectivity index (χ0) is 21.2. The van der Waals surface area contributed by atoms with Crippen molar-refractivity contribution in [3.8, 4) is 11.5 Å². The molecule has 154 valence electrons. The number of anilines is 1. The maximum atomic E-state index is 5.95. The van der Waals surface area contributed by atoms with Crippen molar-refractivity contribution in [2.45, 2.75) is 12.1 Å². The first kappa shape index (κ1) is 20.2. The number of thiocarbonyl (C=S) groups is 1. The number of hydrogen-bond donors (Lipinski definition) is 1. The van der Waals surface area contributed by atoms with Crippen molar-refractivity contribution in [3.05, 3.63) is 105 Å². The van der Waals surface area contributed by atoms with Gasteiger partial charge in [-0.15, -0.1) is 11.3 Å². The molecule has 0 bridgehead atoms. The van der Waals surface area contributed by atoms with Gasteiger partial charge in [0.05, 0.1) is 17.8 Å². The van der Waals surface area contributed by atoms with Crippen molar-refractivity contribution >= 4 is 50.3 Å². The molecule has 4 nitrogen and oxygen atoms in total. The van der Waals surface area contributed by atoms with Gasteiger partial charge in [-0.1, -0.05) is 24.3 Å². The lowest BCUT2D eigenvalue weighted by atomic mass is 10.0. The highest BCUT2D eigenvalue weighted by atomic mass is 79.9. The summed E-state index contributed by atoms with van der Waals surface area (Å²) in [6, 6.07) is 25.9. The lowest BCUT2D eigenvalue weighted by molar-refractivity contribution is 0.482. The Hall–Kier alpha value is -2.74. The number of para-hydroxylation sites is 1. The Kier molecular flexibility index (Phi) is 5.72. The summed E-state index contributed by atoms with van der Waals surface area (Å²) in [7, 11) is 0. The maximum Gasteiger partial charge on any atom is 0.174 e. The molecule has 1 aliphatic heterocycles. The molecule has 3 heterocycles. The Morgan fingerprint density at radius 2 is 1.71 bits per heavy atom. The molecule has 31 heavy (non-hydrogen) atoms. The van der Waals surface area contributed by atoms with Crippen molar-refractivity contribution < 1.29 is 4.74 Å². The van der Waals surface area contributed by atoms with Crippen LogP contribution in [0.2, 0.25) is 0 Å². The maximum absolute atomic E-state index is 5.95. The molecule has 5 rings (SSSR count). The second-order valence-electron chi connectivity index (χ2n) is 7.07. The number of pyridine rings is 1. The molecule has 1 fully saturated rings. The van der Waals surface area contributed by atoms with Crippen LogP contribution < -0.4 is 15.0 Å². The standard InChI is InChI=1S/C24H18BrN3OS2/c25-16-14-21(31-15-16)23-22(20-8-4-5-13-26-20)27-24(30)28(23)17-9-11-19(12-10-17)29-18-6-2-1-3-7-18/h1-15,22-23H,(H,27,30)/t22-,23-/m1/s1. The zero-order valence-electron chi connectivity index (χ0n) is 16.3. The van der Waals surface area contributed by atoms with Crippen LogP contribution in [0.3, 0.4) is 0 Å². The summed E-state index contributed by atoms with van der Waals surface area (Å²) in [5, 5.41) is 6.27. The Bertz CT molecular complexity index is 1180. The van der Waals surface area contributed by atoms with Crippen LogP contribution in [0.5, 0.6) is 11.5 Å². The summed E-state index contributed by atoms with van der Waals surface area (Å²) in [5.74, 6) is 1.59. The van der Waals surface area contributed by atoms with Gasteiger partial charge in [-0.2, -0.15) is 0 Å². The number of thiophene rings is 1. The summed E-state index contributed by atoms with van der Waals surface area (Å²) in [4.78, 5) is 7.96. The van der Waals surface area contributed by atoms with Gasteiger partial charge >= 0.3 is 0 Å². The van der Waals surface area contributed by atoms with E-state index in [1.54, 1.807) is 11.3 Å². The molecule has 0 aliphatic carbocycles. The predicted octanol–water partition coefficient (Wildman–Crippen LogP) is 6.88. The highest BCUT2D eigenvalue weighted by Crippen LogP contribution is 2.44. The van der Waals surface area contributed by atoms with Gasteiger partial charge in [0.25, 0.3) is 0 Å². The molecule has 0 amide bonds. The van der Waals surface area contributed by atoms with Crippen molar-refractivity contribution in [2.75, 3.05) is 4.90 Å². The van der Waals surface area contributed by atoms with Gasteiger partial charge in [0.15, 0.2) is 5.11 Å². The van der Waals surface area contributed by atoms with Crippen molar-refractivity contribution in [2.24, 2.45) is 0 Å². The Balaban J connectivity index is 1.48. The van der Waals surface area contributed by atoms with Gasteiger partial charge in [-0.05, 0) is 82.7 Å². The van der Waals surface area contributed by atoms with E-state index in [0.29, 0.717) is 5.11 Å². The highest BCUT2D eigenvalue weighted by molar-refractivity contribution is 9.10. The van der Waals surface area contributed by atoms with Gasteiger partial charge < -0.3 is 15.0 Å². The first-order valence-electron chi connectivity index (χ1n) is 9.76. The molecule has 2 atom stereocenters. The monoisotopic (exact) mass is 507 g/mol. The van der Waals surface area contributed by atoms with Crippen LogP contribution in [0.4, 0.5) is 5.69 Å². The number of benzene rings is 2. The number of halogens is 1. The number of ether oxygens (including phenoxy) is 1. The second-order valence-corrected chi connectivity index (χ2v) is 9.32. The first-order chi connectivity index (χ1) is 15.2. The molecule has 1 aliphatic rings. The zero-order valence-corrected chi connectivity index (χ0v) is 19.5. The minimum Gasteiger partial charge on any atom is -0.457 e. The van der Waals surface area contributed by atoms with Crippen LogP contribution in [-0.4, -0.2) is 10.1 Å². The summed E-state index contributed by atoms with van der Waals surface area (Å²) in [6.07, 6.45) is 1.82. The molecule has 1 saturated heterocycles. The SMILES string of the molecule is S=C1N[C@H](c2ccccn2)[C@@H](c2cc(Br)cs2)N1c1ccc(Oc2ccccc2)cc1. The number of hydrogen-bond acceptors (Lipinski definition) is 4. The molecular formula is C24H18BrN3OS2. The molecule has 0 saturated carbocycles. The van der Waals surface area contributed by atoms with E-state index in [-0.39, 0.29) is 12.1 Å². The fraction of sp³-hybridized carbons (Fsp3) is 0.0833. The van der Waals surface area contributed by atoms with E-state index in [4.69, 9.17) is 17.0 Å². The summed E-state index contributed by atoms with van der Waals surface area (Å²) >= 11 is 11.1. The lowest BCUT2D eigenvalue weighted by Crippen LogP contribution is -2.28. The van der Waals surface area contributed by atoms with Crippen LogP contribution >= 0.6 is 39.5 Å². The third kappa shape index (κ3) is 4.21. The molecule has 1 N–H and O–H groups in total. The summed E-state index contributed by atoms with van der Waals surface area (Å²) in [6.45, 7) is 0. The van der Waals surface area contributed by atoms with E-state index in [0.717, 1.165) is 27.4 Å². The topological polar surface area (TPSA) is 37.4 Å². The van der Waals surface area contributed by atoms with Gasteiger partial charge in [-0.3, -0.25) is 4.98 Å². The third-order valence-electron chi connectivity index (χ3n) is 5.07. The average Bonchev–Trinajstić information content (AvgIpc) is 3.38. The van der Waals surface area contributed by atoms with Gasteiger partial charge in [-0.25, -0.2) is 0 Å². The number of rotatable bonds is 5. The van der Waals surface area contributed by atoms with Gasteiger partial charge in [0.2, 0.25) is 0 Å².